The number of cyclic esters (lactones) is 1. The maximum absolute atomic E-state index is 13.3. The smallest absolute Gasteiger partial charge is 0.407 e. The largest absolute Gasteiger partial charge is 0.447 e. The van der Waals surface area contributed by atoms with Crippen LogP contribution in [-0.2, 0) is 4.74 Å². The fourth-order valence-corrected chi connectivity index (χ4v) is 1.47. The number of rotatable bonds is 1. The van der Waals surface area contributed by atoms with Gasteiger partial charge in [0.05, 0.1) is 11.6 Å². The maximum Gasteiger partial charge on any atom is 0.407 e. The fourth-order valence-electron chi connectivity index (χ4n) is 1.47. The van der Waals surface area contributed by atoms with Gasteiger partial charge < -0.3 is 10.1 Å². The summed E-state index contributed by atoms with van der Waals surface area (Å²) in [5, 5.41) is 1.93. The summed E-state index contributed by atoms with van der Waals surface area (Å²) in [6.45, 7) is -0.503. The zero-order valence-corrected chi connectivity index (χ0v) is 7.99. The first kappa shape index (κ1) is 11.6. The second kappa shape index (κ2) is 3.86. The molecule has 92 valence electrons. The number of hydrogen-bond donors (Lipinski definition) is 1. The molecular weight excluding hydrogens is 249 g/mol. The normalized spacial score (nSPS) is 19.1. The maximum atomic E-state index is 13.3. The van der Waals surface area contributed by atoms with Crippen molar-refractivity contribution in [2.75, 3.05) is 6.61 Å². The lowest BCUT2D eigenvalue weighted by Crippen LogP contribution is -2.22. The Labute approximate surface area is 91.2 Å². The van der Waals surface area contributed by atoms with Crippen molar-refractivity contribution >= 4 is 6.09 Å². The molecule has 0 unspecified atom stereocenters. The summed E-state index contributed by atoms with van der Waals surface area (Å²) in [6, 6.07) is -1.40. The lowest BCUT2D eigenvalue weighted by molar-refractivity contribution is 0.176. The molecule has 1 amide bonds. The molecule has 0 spiro atoms. The van der Waals surface area contributed by atoms with Gasteiger partial charge >= 0.3 is 6.09 Å². The molecule has 8 heteroatoms. The van der Waals surface area contributed by atoms with E-state index < -0.39 is 53.4 Å². The SMILES string of the molecule is O=C1N[C@@H](c2c(F)c(F)c(F)c(F)c2F)CO1. The van der Waals surface area contributed by atoms with E-state index in [0.29, 0.717) is 0 Å². The summed E-state index contributed by atoms with van der Waals surface area (Å²) in [5.74, 6) is -10.3. The number of alkyl carbamates (subject to hydrolysis) is 1. The zero-order valence-electron chi connectivity index (χ0n) is 7.99. The predicted molar refractivity (Wildman–Crippen MR) is 43.5 cm³/mol. The highest BCUT2D eigenvalue weighted by Gasteiger charge is 2.34. The molecule has 0 saturated carbocycles. The number of ether oxygens (including phenoxy) is 1. The molecule has 0 aliphatic carbocycles. The number of nitrogens with one attached hydrogen (secondary N) is 1. The van der Waals surface area contributed by atoms with Crippen LogP contribution in [0.5, 0.6) is 0 Å². The van der Waals surface area contributed by atoms with E-state index in [-0.39, 0.29) is 0 Å². The van der Waals surface area contributed by atoms with Crippen molar-refractivity contribution in [3.05, 3.63) is 34.6 Å². The topological polar surface area (TPSA) is 38.3 Å². The summed E-state index contributed by atoms with van der Waals surface area (Å²) in [7, 11) is 0. The number of hydrogen-bond acceptors (Lipinski definition) is 2. The van der Waals surface area contributed by atoms with Crippen LogP contribution >= 0.6 is 0 Å². The first-order valence-corrected chi connectivity index (χ1v) is 4.38. The second-order valence-corrected chi connectivity index (χ2v) is 3.28. The molecular formula is C9H4F5NO2. The Bertz CT molecular complexity index is 476. The molecule has 1 atom stereocenters. The van der Waals surface area contributed by atoms with Gasteiger partial charge in [0.15, 0.2) is 23.3 Å². The molecule has 1 aliphatic rings. The Morgan fingerprint density at radius 1 is 0.941 bits per heavy atom. The molecule has 1 aliphatic heterocycles. The highest BCUT2D eigenvalue weighted by molar-refractivity contribution is 5.70. The van der Waals surface area contributed by atoms with Gasteiger partial charge in [-0.1, -0.05) is 0 Å². The highest BCUT2D eigenvalue weighted by Crippen LogP contribution is 2.29. The van der Waals surface area contributed by atoms with Crippen molar-refractivity contribution in [3.8, 4) is 0 Å². The molecule has 1 saturated heterocycles. The van der Waals surface area contributed by atoms with Crippen LogP contribution in [0.1, 0.15) is 11.6 Å². The summed E-state index contributed by atoms with van der Waals surface area (Å²) < 4.78 is 69.2. The number of amides is 1. The van der Waals surface area contributed by atoms with Crippen LogP contribution in [0.3, 0.4) is 0 Å². The van der Waals surface area contributed by atoms with Crippen molar-refractivity contribution in [1.82, 2.24) is 5.32 Å². The van der Waals surface area contributed by atoms with E-state index in [1.807, 2.05) is 5.32 Å². The summed E-state index contributed by atoms with van der Waals surface area (Å²) in [5.41, 5.74) is -1.10. The first-order valence-electron chi connectivity index (χ1n) is 4.38. The molecule has 1 aromatic carbocycles. The molecule has 0 bridgehead atoms. The number of halogens is 5. The summed E-state index contributed by atoms with van der Waals surface area (Å²) >= 11 is 0. The van der Waals surface area contributed by atoms with Crippen molar-refractivity contribution in [1.29, 1.82) is 0 Å². The van der Waals surface area contributed by atoms with Gasteiger partial charge in [-0.3, -0.25) is 0 Å². The number of benzene rings is 1. The minimum absolute atomic E-state index is 0.503. The predicted octanol–water partition coefficient (Wildman–Crippen LogP) is 2.16. The Morgan fingerprint density at radius 2 is 1.41 bits per heavy atom. The van der Waals surface area contributed by atoms with Crippen LogP contribution < -0.4 is 5.32 Å². The van der Waals surface area contributed by atoms with Gasteiger partial charge in [0.2, 0.25) is 5.82 Å². The monoisotopic (exact) mass is 253 g/mol. The first-order chi connectivity index (χ1) is 7.93. The molecule has 0 radical (unpaired) electrons. The van der Waals surface area contributed by atoms with E-state index in [2.05, 4.69) is 4.74 Å². The van der Waals surface area contributed by atoms with E-state index >= 15 is 0 Å². The lowest BCUT2D eigenvalue weighted by atomic mass is 10.1. The third kappa shape index (κ3) is 1.69. The average Bonchev–Trinajstić information content (AvgIpc) is 2.71. The van der Waals surface area contributed by atoms with Gasteiger partial charge in [-0.2, -0.15) is 0 Å². The molecule has 3 nitrogen and oxygen atoms in total. The van der Waals surface area contributed by atoms with E-state index in [0.717, 1.165) is 0 Å². The standard InChI is InChI=1S/C9H4F5NO2/c10-4-3(2-1-17-9(16)15-2)5(11)7(13)8(14)6(4)12/h2H,1H2,(H,15,16)/t2-/m1/s1. The Kier molecular flexibility index (Phi) is 2.64. The molecule has 2 rings (SSSR count). The quantitative estimate of drug-likeness (QED) is 0.473. The number of carbonyl (C=O) groups is 1. The minimum Gasteiger partial charge on any atom is -0.447 e. The summed E-state index contributed by atoms with van der Waals surface area (Å²) in [6.07, 6.45) is -0.987. The Morgan fingerprint density at radius 3 is 1.82 bits per heavy atom. The molecule has 17 heavy (non-hydrogen) atoms. The second-order valence-electron chi connectivity index (χ2n) is 3.28. The molecule has 1 aromatic rings. The van der Waals surface area contributed by atoms with Crippen LogP contribution in [0.4, 0.5) is 26.7 Å². The van der Waals surface area contributed by atoms with Crippen molar-refractivity contribution in [2.24, 2.45) is 0 Å². The van der Waals surface area contributed by atoms with E-state index in [1.54, 1.807) is 0 Å². The molecule has 1 fully saturated rings. The van der Waals surface area contributed by atoms with Crippen LogP contribution in [-0.4, -0.2) is 12.7 Å². The lowest BCUT2D eigenvalue weighted by Gasteiger charge is -2.12. The third-order valence-electron chi connectivity index (χ3n) is 2.27. The minimum atomic E-state index is -2.24. The van der Waals surface area contributed by atoms with Crippen LogP contribution in [0.25, 0.3) is 0 Å². The van der Waals surface area contributed by atoms with E-state index in [9.17, 15) is 26.7 Å². The van der Waals surface area contributed by atoms with Crippen LogP contribution in [0.2, 0.25) is 0 Å². The summed E-state index contributed by atoms with van der Waals surface area (Å²) in [4.78, 5) is 10.6. The van der Waals surface area contributed by atoms with Gasteiger partial charge in [-0.25, -0.2) is 26.7 Å². The van der Waals surface area contributed by atoms with E-state index in [4.69, 9.17) is 0 Å². The third-order valence-corrected chi connectivity index (χ3v) is 2.27. The number of carbonyl (C=O) groups excluding carboxylic acids is 1. The van der Waals surface area contributed by atoms with Gasteiger partial charge in [-0.15, -0.1) is 0 Å². The molecule has 1 N–H and O–H groups in total. The molecule has 0 aromatic heterocycles. The van der Waals surface area contributed by atoms with E-state index in [1.165, 1.54) is 0 Å². The fraction of sp³-hybridized carbons (Fsp3) is 0.222. The van der Waals surface area contributed by atoms with Crippen molar-refractivity contribution in [2.45, 2.75) is 6.04 Å². The van der Waals surface area contributed by atoms with Gasteiger partial charge in [0.1, 0.15) is 6.61 Å². The van der Waals surface area contributed by atoms with Crippen molar-refractivity contribution < 1.29 is 31.5 Å². The van der Waals surface area contributed by atoms with Gasteiger partial charge in [0, 0.05) is 0 Å². The van der Waals surface area contributed by atoms with Gasteiger partial charge in [0.25, 0.3) is 0 Å². The average molecular weight is 253 g/mol. The van der Waals surface area contributed by atoms with Crippen LogP contribution in [0, 0.1) is 29.1 Å². The Hall–Kier alpha value is -1.86. The van der Waals surface area contributed by atoms with Crippen molar-refractivity contribution in [3.63, 3.8) is 0 Å². The van der Waals surface area contributed by atoms with Gasteiger partial charge in [-0.05, 0) is 0 Å². The highest BCUT2D eigenvalue weighted by atomic mass is 19.2. The Balaban J connectivity index is 2.57. The zero-order chi connectivity index (χ0) is 12.7. The van der Waals surface area contributed by atoms with Crippen LogP contribution in [0.15, 0.2) is 0 Å². The molecule has 1 heterocycles.